The van der Waals surface area contributed by atoms with E-state index in [4.69, 9.17) is 5.73 Å². The largest absolute Gasteiger partial charge is 0.329 e. The lowest BCUT2D eigenvalue weighted by atomic mass is 9.78. The summed E-state index contributed by atoms with van der Waals surface area (Å²) in [6, 6.07) is 9.65. The highest BCUT2D eigenvalue weighted by atomic mass is 15.1. The van der Waals surface area contributed by atoms with Gasteiger partial charge in [0.05, 0.1) is 0 Å². The van der Waals surface area contributed by atoms with Crippen LogP contribution in [0.2, 0.25) is 0 Å². The van der Waals surface area contributed by atoms with Crippen LogP contribution in [0.4, 0.5) is 0 Å². The van der Waals surface area contributed by atoms with Gasteiger partial charge in [0.1, 0.15) is 0 Å². The Kier molecular flexibility index (Phi) is 3.39. The van der Waals surface area contributed by atoms with Gasteiger partial charge in [0, 0.05) is 18.1 Å². The molecule has 2 bridgehead atoms. The van der Waals surface area contributed by atoms with Gasteiger partial charge in [-0.3, -0.25) is 0 Å². The third kappa shape index (κ3) is 2.16. The zero-order valence-corrected chi connectivity index (χ0v) is 12.7. The summed E-state index contributed by atoms with van der Waals surface area (Å²) in [5, 5.41) is 4.03. The van der Waals surface area contributed by atoms with Crippen molar-refractivity contribution in [3.05, 3.63) is 47.5 Å². The lowest BCUT2D eigenvalue weighted by Crippen LogP contribution is -2.61. The lowest BCUT2D eigenvalue weighted by molar-refractivity contribution is 0.174. The smallest absolute Gasteiger partial charge is 0.0369 e. The first-order valence-corrected chi connectivity index (χ1v) is 8.51. The SMILES string of the molecule is NCC1(NC2CC=CC2)C2CCC1Cc1ccccc1C2. The zero-order chi connectivity index (χ0) is 14.3. The van der Waals surface area contributed by atoms with E-state index in [1.54, 1.807) is 11.1 Å². The Morgan fingerprint density at radius 3 is 2.10 bits per heavy atom. The van der Waals surface area contributed by atoms with Gasteiger partial charge in [-0.2, -0.15) is 0 Å². The highest BCUT2D eigenvalue weighted by Crippen LogP contribution is 2.47. The summed E-state index contributed by atoms with van der Waals surface area (Å²) in [5.74, 6) is 1.41. The second-order valence-corrected chi connectivity index (χ2v) is 7.18. The number of rotatable bonds is 3. The summed E-state index contributed by atoms with van der Waals surface area (Å²) in [7, 11) is 0. The molecule has 0 spiro atoms. The Balaban J connectivity index is 1.66. The van der Waals surface area contributed by atoms with E-state index in [1.165, 1.54) is 38.5 Å². The molecular weight excluding hydrogens is 256 g/mol. The van der Waals surface area contributed by atoms with Crippen molar-refractivity contribution in [2.24, 2.45) is 17.6 Å². The van der Waals surface area contributed by atoms with Crippen LogP contribution in [0, 0.1) is 11.8 Å². The fourth-order valence-corrected chi connectivity index (χ4v) is 5.05. The zero-order valence-electron chi connectivity index (χ0n) is 12.7. The van der Waals surface area contributed by atoms with Gasteiger partial charge < -0.3 is 11.1 Å². The highest BCUT2D eigenvalue weighted by molar-refractivity contribution is 5.32. The Morgan fingerprint density at radius 1 is 1.00 bits per heavy atom. The fraction of sp³-hybridized carbons (Fsp3) is 0.579. The van der Waals surface area contributed by atoms with Gasteiger partial charge in [-0.05, 0) is 61.5 Å². The van der Waals surface area contributed by atoms with Gasteiger partial charge in [-0.15, -0.1) is 0 Å². The van der Waals surface area contributed by atoms with E-state index in [1.807, 2.05) is 0 Å². The predicted octanol–water partition coefficient (Wildman–Crippen LogP) is 2.82. The van der Waals surface area contributed by atoms with E-state index in [2.05, 4.69) is 41.7 Å². The maximum atomic E-state index is 6.36. The second kappa shape index (κ2) is 5.26. The summed E-state index contributed by atoms with van der Waals surface area (Å²) in [6.45, 7) is 0.785. The molecule has 3 aliphatic carbocycles. The van der Waals surface area contributed by atoms with Crippen molar-refractivity contribution in [1.29, 1.82) is 0 Å². The molecule has 0 radical (unpaired) electrons. The Hall–Kier alpha value is -1.12. The van der Waals surface area contributed by atoms with Crippen LogP contribution in [0.1, 0.15) is 36.8 Å². The third-order valence-electron chi connectivity index (χ3n) is 6.19. The molecule has 0 saturated heterocycles. The molecule has 3 N–H and O–H groups in total. The van der Waals surface area contributed by atoms with Gasteiger partial charge >= 0.3 is 0 Å². The summed E-state index contributed by atoms with van der Waals surface area (Å²) in [6.07, 6.45) is 12.1. The first kappa shape index (κ1) is 13.5. The number of nitrogens with one attached hydrogen (secondary N) is 1. The van der Waals surface area contributed by atoms with E-state index in [0.717, 1.165) is 6.54 Å². The van der Waals surface area contributed by atoms with E-state index in [-0.39, 0.29) is 5.54 Å². The lowest BCUT2D eigenvalue weighted by Gasteiger charge is -2.42. The fourth-order valence-electron chi connectivity index (χ4n) is 5.05. The van der Waals surface area contributed by atoms with Crippen LogP contribution in [-0.4, -0.2) is 18.1 Å². The number of benzene rings is 1. The topological polar surface area (TPSA) is 38.0 Å². The van der Waals surface area contributed by atoms with Crippen LogP contribution in [0.5, 0.6) is 0 Å². The minimum atomic E-state index is 0.162. The quantitative estimate of drug-likeness (QED) is 0.837. The third-order valence-corrected chi connectivity index (χ3v) is 6.19. The van der Waals surface area contributed by atoms with Crippen molar-refractivity contribution < 1.29 is 0 Å². The van der Waals surface area contributed by atoms with Crippen molar-refractivity contribution in [2.75, 3.05) is 6.54 Å². The van der Waals surface area contributed by atoms with Crippen LogP contribution in [0.3, 0.4) is 0 Å². The molecule has 0 aliphatic heterocycles. The average molecular weight is 282 g/mol. The summed E-state index contributed by atoms with van der Waals surface area (Å²) < 4.78 is 0. The van der Waals surface area contributed by atoms with Crippen molar-refractivity contribution in [2.45, 2.75) is 50.1 Å². The maximum absolute atomic E-state index is 6.36. The summed E-state index contributed by atoms with van der Waals surface area (Å²) in [5.41, 5.74) is 9.65. The van der Waals surface area contributed by atoms with E-state index in [0.29, 0.717) is 17.9 Å². The van der Waals surface area contributed by atoms with Crippen LogP contribution < -0.4 is 11.1 Å². The van der Waals surface area contributed by atoms with Crippen LogP contribution in [0.15, 0.2) is 36.4 Å². The number of fused-ring (bicyclic) bond motifs is 3. The molecular formula is C19H26N2. The first-order chi connectivity index (χ1) is 10.3. The normalized spacial score (nSPS) is 34.9. The molecule has 2 nitrogen and oxygen atoms in total. The van der Waals surface area contributed by atoms with E-state index in [9.17, 15) is 0 Å². The van der Waals surface area contributed by atoms with Crippen molar-refractivity contribution in [1.82, 2.24) is 5.32 Å². The minimum Gasteiger partial charge on any atom is -0.329 e. The molecule has 0 amide bonds. The standard InChI is InChI=1S/C19H26N2/c20-13-19(21-18-7-3-4-8-18)16-9-10-17(19)12-15-6-2-1-5-14(15)11-16/h1-6,16-18,21H,7-13,20H2. The van der Waals surface area contributed by atoms with Gasteiger partial charge in [-0.1, -0.05) is 36.4 Å². The Morgan fingerprint density at radius 2 is 1.57 bits per heavy atom. The van der Waals surface area contributed by atoms with Gasteiger partial charge in [0.2, 0.25) is 0 Å². The second-order valence-electron chi connectivity index (χ2n) is 7.18. The Labute approximate surface area is 127 Å². The average Bonchev–Trinajstić information content (AvgIpc) is 3.07. The summed E-state index contributed by atoms with van der Waals surface area (Å²) >= 11 is 0. The molecule has 1 fully saturated rings. The van der Waals surface area contributed by atoms with Crippen LogP contribution in [-0.2, 0) is 12.8 Å². The molecule has 1 aromatic rings. The summed E-state index contributed by atoms with van der Waals surface area (Å²) in [4.78, 5) is 0. The molecule has 2 atom stereocenters. The number of hydrogen-bond acceptors (Lipinski definition) is 2. The molecule has 1 aromatic carbocycles. The van der Waals surface area contributed by atoms with Crippen molar-refractivity contribution in [3.8, 4) is 0 Å². The monoisotopic (exact) mass is 282 g/mol. The van der Waals surface area contributed by atoms with E-state index < -0.39 is 0 Å². The molecule has 2 heteroatoms. The molecule has 112 valence electrons. The van der Waals surface area contributed by atoms with Gasteiger partial charge in [0.25, 0.3) is 0 Å². The Bertz CT molecular complexity index is 507. The first-order valence-electron chi connectivity index (χ1n) is 8.51. The van der Waals surface area contributed by atoms with Crippen molar-refractivity contribution >= 4 is 0 Å². The van der Waals surface area contributed by atoms with Crippen LogP contribution >= 0.6 is 0 Å². The molecule has 4 rings (SSSR count). The molecule has 0 aromatic heterocycles. The number of hydrogen-bond donors (Lipinski definition) is 2. The number of nitrogens with two attached hydrogens (primary N) is 1. The minimum absolute atomic E-state index is 0.162. The van der Waals surface area contributed by atoms with Gasteiger partial charge in [0.15, 0.2) is 0 Å². The molecule has 21 heavy (non-hydrogen) atoms. The maximum Gasteiger partial charge on any atom is 0.0369 e. The van der Waals surface area contributed by atoms with Crippen LogP contribution in [0.25, 0.3) is 0 Å². The molecule has 3 aliphatic rings. The highest BCUT2D eigenvalue weighted by Gasteiger charge is 2.51. The molecule has 1 saturated carbocycles. The van der Waals surface area contributed by atoms with Gasteiger partial charge in [-0.25, -0.2) is 0 Å². The van der Waals surface area contributed by atoms with Crippen molar-refractivity contribution in [3.63, 3.8) is 0 Å². The van der Waals surface area contributed by atoms with E-state index >= 15 is 0 Å². The predicted molar refractivity (Wildman–Crippen MR) is 87.1 cm³/mol. The molecule has 2 unspecified atom stereocenters. The molecule has 0 heterocycles.